The van der Waals surface area contributed by atoms with Gasteiger partial charge in [0.25, 0.3) is 0 Å². The van der Waals surface area contributed by atoms with Gasteiger partial charge in [0.15, 0.2) is 5.96 Å². The third kappa shape index (κ3) is 17.9. The molecule has 3 aliphatic heterocycles. The minimum Gasteiger partial charge on any atom is -0.480 e. The van der Waals surface area contributed by atoms with Gasteiger partial charge in [-0.3, -0.25) is 38.5 Å². The van der Waals surface area contributed by atoms with E-state index in [9.17, 15) is 53.4 Å². The maximum Gasteiger partial charge on any atom is 0.327 e. The molecule has 0 saturated carbocycles. The van der Waals surface area contributed by atoms with Gasteiger partial charge in [-0.2, -0.15) is 0 Å². The highest BCUT2D eigenvalue weighted by molar-refractivity contribution is 8.00. The molecule has 23 heteroatoms. The zero-order chi connectivity index (χ0) is 58.0. The van der Waals surface area contributed by atoms with Crippen LogP contribution in [0.15, 0.2) is 35.3 Å². The van der Waals surface area contributed by atoms with Crippen LogP contribution in [0.5, 0.6) is 0 Å². The summed E-state index contributed by atoms with van der Waals surface area (Å²) in [4.78, 5) is 133. The number of piperazine rings is 1. The molecule has 3 unspecified atom stereocenters. The van der Waals surface area contributed by atoms with E-state index in [1.54, 1.807) is 43.0 Å². The summed E-state index contributed by atoms with van der Waals surface area (Å²) in [6, 6.07) is 4.95. The molecule has 4 rings (SSSR count). The van der Waals surface area contributed by atoms with Gasteiger partial charge in [-0.1, -0.05) is 77.8 Å². The number of nitrogens with zero attached hydrogens (tertiary/aromatic N) is 7. The van der Waals surface area contributed by atoms with E-state index in [-0.39, 0.29) is 72.9 Å². The summed E-state index contributed by atoms with van der Waals surface area (Å²) in [6.45, 7) is 13.3. The summed E-state index contributed by atoms with van der Waals surface area (Å²) in [5.41, 5.74) is 0.767. The maximum absolute atomic E-state index is 14.8. The largest absolute Gasteiger partial charge is 0.480 e. The van der Waals surface area contributed by atoms with Crippen molar-refractivity contribution in [1.29, 1.82) is 0 Å². The first-order valence-corrected chi connectivity index (χ1v) is 28.4. The summed E-state index contributed by atoms with van der Waals surface area (Å²) in [5.74, 6) is -5.05. The monoisotopic (exact) mass is 1110 g/mol. The Hall–Kier alpha value is -5.81. The Bertz CT molecular complexity index is 2250. The number of likely N-dealkylation sites (tertiary alicyclic amines) is 2. The van der Waals surface area contributed by atoms with Crippen LogP contribution in [-0.2, 0) is 59.0 Å². The maximum atomic E-state index is 14.8. The van der Waals surface area contributed by atoms with Gasteiger partial charge in [0.1, 0.15) is 18.1 Å². The number of ether oxygens (including phenoxy) is 2. The smallest absolute Gasteiger partial charge is 0.327 e. The highest BCUT2D eigenvalue weighted by Crippen LogP contribution is 2.31. The molecule has 1 aromatic rings. The third-order valence-electron chi connectivity index (χ3n) is 15.2. The Morgan fingerprint density at radius 2 is 1.47 bits per heavy atom. The number of thioether (sulfide) groups is 1. The Kier molecular flexibility index (Phi) is 25.8. The van der Waals surface area contributed by atoms with Gasteiger partial charge in [0, 0.05) is 107 Å². The van der Waals surface area contributed by atoms with Crippen molar-refractivity contribution in [3.63, 3.8) is 0 Å². The third-order valence-corrected chi connectivity index (χ3v) is 16.5. The Morgan fingerprint density at radius 3 is 2.04 bits per heavy atom. The number of nitrogens with one attached hydrogen (secondary N) is 2. The lowest BCUT2D eigenvalue weighted by Crippen LogP contribution is -2.56. The molecule has 3 saturated heterocycles. The molecule has 1 aromatic carbocycles. The number of hydrogen-bond donors (Lipinski definition) is 4. The van der Waals surface area contributed by atoms with Gasteiger partial charge < -0.3 is 54.8 Å². The number of aliphatic imine (C=N–C) groups is 1. The molecule has 3 aliphatic rings. The highest BCUT2D eigenvalue weighted by atomic mass is 32.2. The van der Waals surface area contributed by atoms with E-state index < -0.39 is 77.3 Å². The number of rotatable bonds is 29. The Balaban J connectivity index is 1.35. The summed E-state index contributed by atoms with van der Waals surface area (Å²) < 4.78 is 12.0. The van der Waals surface area contributed by atoms with Crippen LogP contribution in [-0.4, -0.2) is 227 Å². The number of carboxylic acids is 2. The molecule has 4 N–H and O–H groups in total. The van der Waals surface area contributed by atoms with E-state index in [0.29, 0.717) is 83.6 Å². The lowest BCUT2D eigenvalue weighted by molar-refractivity contribution is -0.147. The number of hydrogen-bond acceptors (Lipinski definition) is 13. The lowest BCUT2D eigenvalue weighted by atomic mass is 9.89. The van der Waals surface area contributed by atoms with E-state index in [4.69, 9.17) is 14.5 Å². The molecule has 3 fully saturated rings. The fourth-order valence-electron chi connectivity index (χ4n) is 10.6. The summed E-state index contributed by atoms with van der Waals surface area (Å²) in [5, 5.41) is 23.7. The molecule has 22 nitrogen and oxygen atoms in total. The number of unbranched alkanes of at least 4 members (excludes halogenated alkanes) is 2. The second-order valence-corrected chi connectivity index (χ2v) is 22.6. The molecular formula is C55H87N9O13S. The number of carbonyl (C=O) groups is 9. The van der Waals surface area contributed by atoms with Crippen molar-refractivity contribution in [1.82, 2.24) is 40.0 Å². The second-order valence-electron chi connectivity index (χ2n) is 21.4. The van der Waals surface area contributed by atoms with Crippen LogP contribution in [0.4, 0.5) is 0 Å². The molecule has 436 valence electrons. The van der Waals surface area contributed by atoms with Crippen molar-refractivity contribution >= 4 is 71.0 Å². The number of methoxy groups -OCH3 is 2. The first kappa shape index (κ1) is 64.7. The van der Waals surface area contributed by atoms with Crippen LogP contribution in [0, 0.1) is 17.8 Å². The van der Waals surface area contributed by atoms with Crippen molar-refractivity contribution in [3.05, 3.63) is 35.9 Å². The van der Waals surface area contributed by atoms with Crippen molar-refractivity contribution in [2.24, 2.45) is 22.7 Å². The minimum atomic E-state index is -1.22. The van der Waals surface area contributed by atoms with Gasteiger partial charge >= 0.3 is 11.9 Å². The molecule has 10 atom stereocenters. The fourth-order valence-corrected chi connectivity index (χ4v) is 11.8. The van der Waals surface area contributed by atoms with Gasteiger partial charge in [-0.15, -0.1) is 11.8 Å². The molecule has 0 aromatic heterocycles. The zero-order valence-electron chi connectivity index (χ0n) is 47.7. The van der Waals surface area contributed by atoms with Crippen LogP contribution < -0.4 is 10.6 Å². The Morgan fingerprint density at radius 1 is 0.833 bits per heavy atom. The van der Waals surface area contributed by atoms with Crippen molar-refractivity contribution in [3.8, 4) is 0 Å². The van der Waals surface area contributed by atoms with Gasteiger partial charge in [-0.05, 0) is 43.1 Å². The molecular weight excluding hydrogens is 1030 g/mol. The molecule has 0 bridgehead atoms. The summed E-state index contributed by atoms with van der Waals surface area (Å²) in [7, 11) is 8.50. The van der Waals surface area contributed by atoms with Gasteiger partial charge in [0.05, 0.1) is 41.9 Å². The van der Waals surface area contributed by atoms with Crippen LogP contribution in [0.25, 0.3) is 0 Å². The van der Waals surface area contributed by atoms with E-state index in [1.165, 1.54) is 18.9 Å². The molecule has 7 amide bonds. The molecule has 0 spiro atoms. The number of amides is 7. The second kappa shape index (κ2) is 31.1. The molecule has 0 radical (unpaired) electrons. The lowest BCUT2D eigenvalue weighted by Gasteiger charge is -2.41. The number of benzene rings is 1. The normalized spacial score (nSPS) is 20.1. The van der Waals surface area contributed by atoms with E-state index >= 15 is 0 Å². The van der Waals surface area contributed by atoms with E-state index in [0.717, 1.165) is 17.3 Å². The minimum absolute atomic E-state index is 0.00406. The number of likely N-dealkylation sites (N-methyl/N-ethyl adjacent to an activating group) is 1. The number of carbonyl (C=O) groups excluding carboxylic acids is 7. The standard InChI is InChI=1S/C55H87N9O13S/c1-12-35(4)48(42(76-10)31-45(67)63-25-19-22-41(63)49(77-11)36(5)50(69)57-39(53(72)73)30-38-20-15-13-16-21-38)60(9)52(71)47(34(2)3)58-55(59(7)8)62-28-26-61(27-29-62)44(66)23-17-14-18-24-64-46(68)32-43(51(64)70)78-33-40(54(74)75)56-37(6)65/h13,15-16,20-21,34-36,39-43,47-49H,12,14,17-19,22-33H2,1-11H3,(H,56,65)(H,57,69)(H,72,73)(H,74,75)/b58-55+/t35-,36+,39-,40-,41?,42+,43?,47?,48-,49+/m0/s1. The van der Waals surface area contributed by atoms with Crippen LogP contribution >= 0.6 is 11.8 Å². The topological polar surface area (TPSA) is 268 Å². The highest BCUT2D eigenvalue weighted by Gasteiger charge is 2.44. The summed E-state index contributed by atoms with van der Waals surface area (Å²) in [6.07, 6.45) is 2.55. The fraction of sp³-hybridized carbons (Fsp3) is 0.709. The predicted octanol–water partition coefficient (Wildman–Crippen LogP) is 2.82. The van der Waals surface area contributed by atoms with Crippen molar-refractivity contribution in [2.45, 2.75) is 153 Å². The Labute approximate surface area is 464 Å². The predicted molar refractivity (Wildman–Crippen MR) is 295 cm³/mol. The van der Waals surface area contributed by atoms with Crippen LogP contribution in [0.3, 0.4) is 0 Å². The van der Waals surface area contributed by atoms with Crippen molar-refractivity contribution < 1.29 is 62.8 Å². The first-order valence-electron chi connectivity index (χ1n) is 27.4. The van der Waals surface area contributed by atoms with Crippen molar-refractivity contribution in [2.75, 3.05) is 80.4 Å². The number of guanidine groups is 1. The molecule has 78 heavy (non-hydrogen) atoms. The molecule has 0 aliphatic carbocycles. The SMILES string of the molecule is CC[C@H](C)[C@@H]([C@@H](CC(=O)N1CCCC1[C@H](OC)[C@@H](C)C(=O)N[C@@H](Cc1ccccc1)C(=O)O)OC)N(C)C(=O)C(/N=C(\N(C)C)N1CCN(C(=O)CCCCCN2C(=O)CC(SC[C@H](NC(C)=O)C(=O)O)C2=O)CC1)C(C)C. The average Bonchev–Trinajstić information content (AvgIpc) is 3.99. The summed E-state index contributed by atoms with van der Waals surface area (Å²) >= 11 is 1.04. The van der Waals surface area contributed by atoms with Gasteiger partial charge in [-0.25, -0.2) is 14.6 Å². The zero-order valence-corrected chi connectivity index (χ0v) is 48.5. The molecule has 3 heterocycles. The van der Waals surface area contributed by atoms with Crippen LogP contribution in [0.1, 0.15) is 105 Å². The number of aliphatic carboxylic acids is 2. The van der Waals surface area contributed by atoms with Gasteiger partial charge in [0.2, 0.25) is 41.4 Å². The van der Waals surface area contributed by atoms with E-state index in [2.05, 4.69) is 15.5 Å². The quantitative estimate of drug-likeness (QED) is 0.0389. The van der Waals surface area contributed by atoms with E-state index in [1.807, 2.05) is 69.8 Å². The number of carboxylic acid groups (broad SMARTS) is 2. The number of imide groups is 1. The van der Waals surface area contributed by atoms with Crippen LogP contribution in [0.2, 0.25) is 0 Å². The average molecular weight is 1110 g/mol. The first-order chi connectivity index (χ1) is 36.9.